The van der Waals surface area contributed by atoms with E-state index in [2.05, 4.69) is 21.2 Å². The number of aromatic nitrogens is 1. The highest BCUT2D eigenvalue weighted by atomic mass is 19.4. The SMILES string of the molecule is Cc1ccc(-c2ccccc2)n1-c1ccc(C(=O)N/N=C/c2ccc(Oc3ccc(C(F)(F)F)cc3[N+](=O)[O-])cc2)cc1. The molecule has 5 aromatic rings. The zero-order chi connectivity index (χ0) is 30.6. The average Bonchev–Trinajstić information content (AvgIpc) is 3.39. The maximum atomic E-state index is 12.9. The van der Waals surface area contributed by atoms with Crippen molar-refractivity contribution in [2.45, 2.75) is 13.1 Å². The number of ether oxygens (including phenoxy) is 1. The third-order valence-electron chi connectivity index (χ3n) is 6.50. The summed E-state index contributed by atoms with van der Waals surface area (Å²) < 4.78 is 46.3. The molecule has 0 saturated carbocycles. The maximum Gasteiger partial charge on any atom is 0.416 e. The second-order valence-electron chi connectivity index (χ2n) is 9.42. The van der Waals surface area contributed by atoms with Crippen LogP contribution in [0.15, 0.2) is 114 Å². The molecule has 1 amide bonds. The molecule has 0 bridgehead atoms. The largest absolute Gasteiger partial charge is 0.450 e. The standard InChI is InChI=1S/C32H23F3N4O4/c1-21-7-17-28(23-5-3-2-4-6-23)38(21)26-13-10-24(11-14-26)31(40)37-36-20-22-8-15-27(16-9-22)43-30-18-12-25(32(33,34)35)19-29(30)39(41)42/h2-20H,1H3,(H,37,40)/b36-20+. The lowest BCUT2D eigenvalue weighted by Gasteiger charge is -2.12. The quantitative estimate of drug-likeness (QED) is 0.114. The first-order chi connectivity index (χ1) is 20.6. The number of hydrazone groups is 1. The topological polar surface area (TPSA) is 98.8 Å². The summed E-state index contributed by atoms with van der Waals surface area (Å²) in [5.74, 6) is -0.580. The molecule has 1 N–H and O–H groups in total. The van der Waals surface area contributed by atoms with E-state index in [0.717, 1.165) is 28.7 Å². The van der Waals surface area contributed by atoms with Crippen molar-refractivity contribution in [3.63, 3.8) is 0 Å². The summed E-state index contributed by atoms with van der Waals surface area (Å²) in [4.78, 5) is 23.0. The molecule has 8 nitrogen and oxygen atoms in total. The summed E-state index contributed by atoms with van der Waals surface area (Å²) in [6, 6.07) is 29.3. The van der Waals surface area contributed by atoms with Crippen LogP contribution in [-0.4, -0.2) is 21.6 Å². The molecule has 5 rings (SSSR count). The number of halogens is 3. The Balaban J connectivity index is 1.22. The van der Waals surface area contributed by atoms with Gasteiger partial charge in [0.2, 0.25) is 5.75 Å². The van der Waals surface area contributed by atoms with Crippen LogP contribution >= 0.6 is 0 Å². The van der Waals surface area contributed by atoms with Crippen molar-refractivity contribution in [1.82, 2.24) is 9.99 Å². The van der Waals surface area contributed by atoms with Gasteiger partial charge in [0.05, 0.1) is 22.4 Å². The van der Waals surface area contributed by atoms with Crippen molar-refractivity contribution >= 4 is 17.8 Å². The molecule has 0 aliphatic carbocycles. The van der Waals surface area contributed by atoms with Crippen LogP contribution in [0.2, 0.25) is 0 Å². The number of carbonyl (C=O) groups is 1. The molecule has 0 unspecified atom stereocenters. The van der Waals surface area contributed by atoms with Crippen LogP contribution in [-0.2, 0) is 6.18 Å². The van der Waals surface area contributed by atoms with Gasteiger partial charge >= 0.3 is 11.9 Å². The van der Waals surface area contributed by atoms with Gasteiger partial charge in [-0.3, -0.25) is 14.9 Å². The van der Waals surface area contributed by atoms with Gasteiger partial charge in [-0.25, -0.2) is 5.43 Å². The van der Waals surface area contributed by atoms with Crippen molar-refractivity contribution in [2.75, 3.05) is 0 Å². The van der Waals surface area contributed by atoms with E-state index in [9.17, 15) is 28.1 Å². The molecular weight excluding hydrogens is 561 g/mol. The number of hydrogen-bond acceptors (Lipinski definition) is 5. The van der Waals surface area contributed by atoms with Gasteiger partial charge in [0, 0.05) is 23.0 Å². The Hall–Kier alpha value is -5.71. The fourth-order valence-corrected chi connectivity index (χ4v) is 4.38. The van der Waals surface area contributed by atoms with E-state index in [1.165, 1.54) is 18.3 Å². The number of aryl methyl sites for hydroxylation is 1. The first-order valence-electron chi connectivity index (χ1n) is 12.9. The zero-order valence-corrected chi connectivity index (χ0v) is 22.6. The van der Waals surface area contributed by atoms with Crippen LogP contribution in [0.5, 0.6) is 11.5 Å². The van der Waals surface area contributed by atoms with E-state index in [4.69, 9.17) is 4.74 Å². The number of hydrogen-bond donors (Lipinski definition) is 1. The van der Waals surface area contributed by atoms with Gasteiger partial charge in [0.1, 0.15) is 5.75 Å². The fourth-order valence-electron chi connectivity index (χ4n) is 4.38. The summed E-state index contributed by atoms with van der Waals surface area (Å²) in [6.45, 7) is 2.01. The Bertz CT molecular complexity index is 1800. The second kappa shape index (κ2) is 12.0. The minimum Gasteiger partial charge on any atom is -0.450 e. The number of benzene rings is 4. The van der Waals surface area contributed by atoms with E-state index in [1.54, 1.807) is 24.3 Å². The normalized spacial score (nSPS) is 11.4. The lowest BCUT2D eigenvalue weighted by molar-refractivity contribution is -0.385. The van der Waals surface area contributed by atoms with Crippen molar-refractivity contribution in [3.05, 3.63) is 142 Å². The van der Waals surface area contributed by atoms with Crippen molar-refractivity contribution < 1.29 is 27.6 Å². The number of nitro benzene ring substituents is 1. The Morgan fingerprint density at radius 3 is 2.28 bits per heavy atom. The Morgan fingerprint density at radius 1 is 0.930 bits per heavy atom. The maximum absolute atomic E-state index is 12.9. The van der Waals surface area contributed by atoms with Gasteiger partial charge in [-0.1, -0.05) is 30.3 Å². The van der Waals surface area contributed by atoms with Crippen LogP contribution in [0.3, 0.4) is 0 Å². The molecule has 0 saturated heterocycles. The molecule has 43 heavy (non-hydrogen) atoms. The molecule has 216 valence electrons. The van der Waals surface area contributed by atoms with Crippen molar-refractivity contribution in [3.8, 4) is 28.4 Å². The summed E-state index contributed by atoms with van der Waals surface area (Å²) in [6.07, 6.45) is -3.33. The summed E-state index contributed by atoms with van der Waals surface area (Å²) in [5, 5.41) is 15.3. The lowest BCUT2D eigenvalue weighted by Crippen LogP contribution is -2.17. The van der Waals surface area contributed by atoms with Crippen molar-refractivity contribution in [1.29, 1.82) is 0 Å². The first-order valence-corrected chi connectivity index (χ1v) is 12.9. The predicted octanol–water partition coefficient (Wildman–Crippen LogP) is 7.94. The Labute approximate surface area is 243 Å². The zero-order valence-electron chi connectivity index (χ0n) is 22.6. The molecule has 0 fully saturated rings. The van der Waals surface area contributed by atoms with Crippen LogP contribution in [0, 0.1) is 17.0 Å². The Morgan fingerprint density at radius 2 is 1.63 bits per heavy atom. The third kappa shape index (κ3) is 6.62. The number of carbonyl (C=O) groups excluding carboxylic acids is 1. The molecule has 4 aromatic carbocycles. The highest BCUT2D eigenvalue weighted by Gasteiger charge is 2.33. The van der Waals surface area contributed by atoms with Gasteiger partial charge in [0.15, 0.2) is 0 Å². The molecule has 11 heteroatoms. The monoisotopic (exact) mass is 584 g/mol. The van der Waals surface area contributed by atoms with Gasteiger partial charge in [-0.2, -0.15) is 18.3 Å². The fraction of sp³-hybridized carbons (Fsp3) is 0.0625. The number of nitro groups is 1. The van der Waals surface area contributed by atoms with Gasteiger partial charge in [-0.05, 0) is 90.8 Å². The minimum atomic E-state index is -4.72. The Kier molecular flexibility index (Phi) is 8.06. The number of amides is 1. The van der Waals surface area contributed by atoms with Crippen LogP contribution in [0.25, 0.3) is 16.9 Å². The number of nitrogens with one attached hydrogen (secondary N) is 1. The summed E-state index contributed by atoms with van der Waals surface area (Å²) >= 11 is 0. The van der Waals surface area contributed by atoms with E-state index in [0.29, 0.717) is 23.3 Å². The van der Waals surface area contributed by atoms with Gasteiger partial charge in [-0.15, -0.1) is 0 Å². The molecule has 0 spiro atoms. The van der Waals surface area contributed by atoms with Crippen LogP contribution in [0.4, 0.5) is 18.9 Å². The van der Waals surface area contributed by atoms with E-state index >= 15 is 0 Å². The number of rotatable bonds is 8. The number of alkyl halides is 3. The third-order valence-corrected chi connectivity index (χ3v) is 6.50. The van der Waals surface area contributed by atoms with E-state index < -0.39 is 28.3 Å². The molecule has 0 aliphatic rings. The van der Waals surface area contributed by atoms with Crippen LogP contribution in [0.1, 0.15) is 27.2 Å². The predicted molar refractivity (Wildman–Crippen MR) is 156 cm³/mol. The highest BCUT2D eigenvalue weighted by molar-refractivity contribution is 5.95. The number of nitrogens with zero attached hydrogens (tertiary/aromatic N) is 3. The summed E-state index contributed by atoms with van der Waals surface area (Å²) in [7, 11) is 0. The molecule has 0 atom stereocenters. The van der Waals surface area contributed by atoms with Crippen molar-refractivity contribution in [2.24, 2.45) is 5.10 Å². The van der Waals surface area contributed by atoms with Gasteiger partial charge < -0.3 is 9.30 Å². The van der Waals surface area contributed by atoms with E-state index in [-0.39, 0.29) is 11.5 Å². The summed E-state index contributed by atoms with van der Waals surface area (Å²) in [5.41, 5.74) is 5.56. The molecule has 0 radical (unpaired) electrons. The molecule has 1 heterocycles. The van der Waals surface area contributed by atoms with Crippen LogP contribution < -0.4 is 10.2 Å². The highest BCUT2D eigenvalue weighted by Crippen LogP contribution is 2.37. The molecule has 0 aliphatic heterocycles. The lowest BCUT2D eigenvalue weighted by atomic mass is 10.1. The average molecular weight is 585 g/mol. The molecular formula is C32H23F3N4O4. The molecule has 1 aromatic heterocycles. The smallest absolute Gasteiger partial charge is 0.416 e. The second-order valence-corrected chi connectivity index (χ2v) is 9.42. The first kappa shape index (κ1) is 28.8. The minimum absolute atomic E-state index is 0.164. The van der Waals surface area contributed by atoms with E-state index in [1.807, 2.05) is 55.5 Å². The van der Waals surface area contributed by atoms with Gasteiger partial charge in [0.25, 0.3) is 5.91 Å².